The first kappa shape index (κ1) is 26.4. The van der Waals surface area contributed by atoms with Crippen molar-refractivity contribution in [2.45, 2.75) is 26.8 Å². The van der Waals surface area contributed by atoms with E-state index in [1.807, 2.05) is 109 Å². The number of hydrogen-bond donors (Lipinski definition) is 0. The van der Waals surface area contributed by atoms with E-state index in [-0.39, 0.29) is 12.2 Å². The number of carbonyl (C=O) groups excluding carboxylic acids is 1. The lowest BCUT2D eigenvalue weighted by molar-refractivity contribution is -0.139. The molecular formula is C33H28N4O3S. The maximum atomic E-state index is 14.1. The van der Waals surface area contributed by atoms with E-state index < -0.39 is 12.0 Å². The van der Waals surface area contributed by atoms with Crippen LogP contribution >= 0.6 is 11.3 Å². The average molecular weight is 561 g/mol. The summed E-state index contributed by atoms with van der Waals surface area (Å²) in [4.78, 5) is 32.4. The fourth-order valence-corrected chi connectivity index (χ4v) is 6.06. The molecule has 0 fully saturated rings. The standard InChI is InChI=1S/C33H28N4O3S/c1-4-40-32(39)28-22(3)34-33-37(30(28)24-11-7-5-8-12-24)31(38)27(41-33)19-25-20-36(26-13-9-6-10-14-26)35-29(25)23-17-15-21(2)16-18-23/h5-20,30H,4H2,1-3H3/t30-/m0/s1. The number of benzene rings is 3. The van der Waals surface area contributed by atoms with Crippen molar-refractivity contribution in [2.75, 3.05) is 6.61 Å². The van der Waals surface area contributed by atoms with Crippen molar-refractivity contribution >= 4 is 23.4 Å². The molecule has 204 valence electrons. The molecule has 0 saturated heterocycles. The number of nitrogens with zero attached hydrogens (tertiary/aromatic N) is 4. The number of esters is 1. The summed E-state index contributed by atoms with van der Waals surface area (Å²) in [5.41, 5.74) is 6.10. The second-order valence-corrected chi connectivity index (χ2v) is 10.8. The number of aromatic nitrogens is 3. The van der Waals surface area contributed by atoms with E-state index in [1.54, 1.807) is 18.4 Å². The highest BCUT2D eigenvalue weighted by molar-refractivity contribution is 7.07. The van der Waals surface area contributed by atoms with Gasteiger partial charge < -0.3 is 4.74 Å². The summed E-state index contributed by atoms with van der Waals surface area (Å²) < 4.78 is 9.33. The van der Waals surface area contributed by atoms with Crippen LogP contribution in [-0.4, -0.2) is 26.9 Å². The number of para-hydroxylation sites is 1. The first-order valence-corrected chi connectivity index (χ1v) is 14.2. The first-order valence-electron chi connectivity index (χ1n) is 13.4. The quantitative estimate of drug-likeness (QED) is 0.275. The number of rotatable bonds is 6. The summed E-state index contributed by atoms with van der Waals surface area (Å²) >= 11 is 1.30. The van der Waals surface area contributed by atoms with Gasteiger partial charge in [0, 0.05) is 17.3 Å². The van der Waals surface area contributed by atoms with Crippen LogP contribution in [0.1, 0.15) is 36.6 Å². The van der Waals surface area contributed by atoms with Crippen molar-refractivity contribution < 1.29 is 9.53 Å². The van der Waals surface area contributed by atoms with E-state index in [1.165, 1.54) is 11.3 Å². The highest BCUT2D eigenvalue weighted by Crippen LogP contribution is 2.31. The Hall–Kier alpha value is -4.82. The van der Waals surface area contributed by atoms with Gasteiger partial charge in [-0.25, -0.2) is 14.5 Å². The van der Waals surface area contributed by atoms with E-state index in [0.717, 1.165) is 33.6 Å². The Morgan fingerprint density at radius 2 is 1.66 bits per heavy atom. The van der Waals surface area contributed by atoms with Gasteiger partial charge in [-0.05, 0) is 44.5 Å². The van der Waals surface area contributed by atoms with Crippen molar-refractivity contribution in [3.05, 3.63) is 139 Å². The van der Waals surface area contributed by atoms with E-state index in [9.17, 15) is 9.59 Å². The van der Waals surface area contributed by atoms with Gasteiger partial charge in [0.15, 0.2) is 4.80 Å². The van der Waals surface area contributed by atoms with Crippen LogP contribution in [-0.2, 0) is 9.53 Å². The third-order valence-electron chi connectivity index (χ3n) is 7.01. The largest absolute Gasteiger partial charge is 0.463 e. The van der Waals surface area contributed by atoms with Crippen LogP contribution in [0.15, 0.2) is 112 Å². The lowest BCUT2D eigenvalue weighted by Gasteiger charge is -2.24. The van der Waals surface area contributed by atoms with Crippen LogP contribution in [0, 0.1) is 6.92 Å². The van der Waals surface area contributed by atoms with Crippen molar-refractivity contribution in [2.24, 2.45) is 4.99 Å². The summed E-state index contributed by atoms with van der Waals surface area (Å²) in [6.45, 7) is 5.83. The molecule has 0 aliphatic carbocycles. The number of aryl methyl sites for hydroxylation is 1. The number of ether oxygens (including phenoxy) is 1. The third-order valence-corrected chi connectivity index (χ3v) is 7.99. The van der Waals surface area contributed by atoms with Crippen LogP contribution in [0.5, 0.6) is 0 Å². The van der Waals surface area contributed by atoms with Gasteiger partial charge >= 0.3 is 5.97 Å². The van der Waals surface area contributed by atoms with E-state index in [4.69, 9.17) is 14.8 Å². The number of carbonyl (C=O) groups is 1. The number of hydrogen-bond acceptors (Lipinski definition) is 6. The van der Waals surface area contributed by atoms with Gasteiger partial charge in [-0.15, -0.1) is 0 Å². The van der Waals surface area contributed by atoms with Gasteiger partial charge in [0.05, 0.1) is 39.8 Å². The predicted molar refractivity (Wildman–Crippen MR) is 161 cm³/mol. The van der Waals surface area contributed by atoms with Crippen LogP contribution in [0.4, 0.5) is 0 Å². The molecule has 41 heavy (non-hydrogen) atoms. The Morgan fingerprint density at radius 3 is 2.34 bits per heavy atom. The molecule has 0 bridgehead atoms. The van der Waals surface area contributed by atoms with Crippen molar-refractivity contribution in [1.29, 1.82) is 0 Å². The third kappa shape index (κ3) is 4.98. The number of allylic oxidation sites excluding steroid dienone is 1. The minimum Gasteiger partial charge on any atom is -0.463 e. The Bertz CT molecular complexity index is 1950. The second-order valence-electron chi connectivity index (χ2n) is 9.79. The minimum absolute atomic E-state index is 0.223. The molecule has 0 saturated carbocycles. The Morgan fingerprint density at radius 1 is 0.976 bits per heavy atom. The van der Waals surface area contributed by atoms with Crippen LogP contribution in [0.2, 0.25) is 0 Å². The fourth-order valence-electron chi connectivity index (χ4n) is 5.03. The zero-order chi connectivity index (χ0) is 28.5. The molecule has 8 heteroatoms. The molecule has 0 amide bonds. The SMILES string of the molecule is CCOC(=O)C1=C(C)N=c2sc(=Cc3cn(-c4ccccc4)nc3-c3ccc(C)cc3)c(=O)n2[C@H]1c1ccccc1. The van der Waals surface area contributed by atoms with Gasteiger partial charge in [0.25, 0.3) is 5.56 Å². The molecule has 7 nitrogen and oxygen atoms in total. The maximum absolute atomic E-state index is 14.1. The van der Waals surface area contributed by atoms with Crippen LogP contribution < -0.4 is 14.9 Å². The highest BCUT2D eigenvalue weighted by Gasteiger charge is 2.33. The molecule has 1 aliphatic rings. The summed E-state index contributed by atoms with van der Waals surface area (Å²) in [5.74, 6) is -0.470. The first-order chi connectivity index (χ1) is 19.9. The lowest BCUT2D eigenvalue weighted by atomic mass is 9.96. The Kier molecular flexibility index (Phi) is 7.07. The molecule has 1 atom stereocenters. The topological polar surface area (TPSA) is 78.5 Å². The molecule has 2 aromatic heterocycles. The molecule has 1 aliphatic heterocycles. The molecule has 0 spiro atoms. The molecule has 3 aromatic carbocycles. The molecule has 3 heterocycles. The van der Waals surface area contributed by atoms with Crippen molar-refractivity contribution in [3.8, 4) is 16.9 Å². The molecular weight excluding hydrogens is 532 g/mol. The number of thiazole rings is 1. The van der Waals surface area contributed by atoms with Crippen molar-refractivity contribution in [3.63, 3.8) is 0 Å². The van der Waals surface area contributed by atoms with Gasteiger partial charge in [0.1, 0.15) is 0 Å². The molecule has 6 rings (SSSR count). The van der Waals surface area contributed by atoms with Crippen LogP contribution in [0.25, 0.3) is 23.0 Å². The lowest BCUT2D eigenvalue weighted by Crippen LogP contribution is -2.39. The molecule has 0 unspecified atom stereocenters. The van der Waals surface area contributed by atoms with Gasteiger partial charge in [-0.2, -0.15) is 5.10 Å². The molecule has 0 radical (unpaired) electrons. The van der Waals surface area contributed by atoms with Gasteiger partial charge in [-0.3, -0.25) is 9.36 Å². The van der Waals surface area contributed by atoms with E-state index in [2.05, 4.69) is 0 Å². The van der Waals surface area contributed by atoms with E-state index >= 15 is 0 Å². The van der Waals surface area contributed by atoms with Gasteiger partial charge in [0.2, 0.25) is 0 Å². The zero-order valence-electron chi connectivity index (χ0n) is 22.9. The second kappa shape index (κ2) is 11.0. The summed E-state index contributed by atoms with van der Waals surface area (Å²) in [6, 6.07) is 26.9. The maximum Gasteiger partial charge on any atom is 0.338 e. The average Bonchev–Trinajstić information content (AvgIpc) is 3.54. The zero-order valence-corrected chi connectivity index (χ0v) is 23.8. The van der Waals surface area contributed by atoms with Crippen molar-refractivity contribution in [1.82, 2.24) is 14.3 Å². The van der Waals surface area contributed by atoms with Crippen LogP contribution in [0.3, 0.4) is 0 Å². The van der Waals surface area contributed by atoms with Gasteiger partial charge in [-0.1, -0.05) is 89.7 Å². The predicted octanol–water partition coefficient (Wildman–Crippen LogP) is 4.96. The summed E-state index contributed by atoms with van der Waals surface area (Å²) in [7, 11) is 0. The highest BCUT2D eigenvalue weighted by atomic mass is 32.1. The Labute approximate surface area is 241 Å². The number of fused-ring (bicyclic) bond motifs is 1. The summed E-state index contributed by atoms with van der Waals surface area (Å²) in [5, 5.41) is 4.91. The molecule has 5 aromatic rings. The monoisotopic (exact) mass is 560 g/mol. The molecule has 0 N–H and O–H groups in total. The fraction of sp³-hybridized carbons (Fsp3) is 0.152. The smallest absolute Gasteiger partial charge is 0.338 e. The minimum atomic E-state index is -0.641. The summed E-state index contributed by atoms with van der Waals surface area (Å²) in [6.07, 6.45) is 3.81. The normalized spacial score (nSPS) is 15.0. The Balaban J connectivity index is 1.56. The van der Waals surface area contributed by atoms with E-state index in [0.29, 0.717) is 20.6 Å².